The van der Waals surface area contributed by atoms with Crippen molar-refractivity contribution in [1.29, 1.82) is 0 Å². The van der Waals surface area contributed by atoms with Gasteiger partial charge in [0.2, 0.25) is 0 Å². The summed E-state index contributed by atoms with van der Waals surface area (Å²) in [5.74, 6) is -0.239. The van der Waals surface area contributed by atoms with Crippen molar-refractivity contribution in [2.24, 2.45) is 5.10 Å². The number of nitrogens with zero attached hydrogens (tertiary/aromatic N) is 1. The first-order valence-electron chi connectivity index (χ1n) is 10.5. The van der Waals surface area contributed by atoms with Crippen LogP contribution in [-0.2, 0) is 6.61 Å². The number of benzene rings is 4. The van der Waals surface area contributed by atoms with Gasteiger partial charge in [-0.3, -0.25) is 4.79 Å². The summed E-state index contributed by atoms with van der Waals surface area (Å²) in [4.78, 5) is 23.4. The molecule has 7 heteroatoms. The Balaban J connectivity index is 1.38. The van der Waals surface area contributed by atoms with Crippen molar-refractivity contribution < 1.29 is 24.2 Å². The highest BCUT2D eigenvalue weighted by molar-refractivity contribution is 5.99. The minimum atomic E-state index is -0.972. The molecule has 0 atom stereocenters. The Morgan fingerprint density at radius 3 is 2.35 bits per heavy atom. The Kier molecular flexibility index (Phi) is 6.84. The van der Waals surface area contributed by atoms with E-state index in [4.69, 9.17) is 14.6 Å². The van der Waals surface area contributed by atoms with Crippen LogP contribution in [0.4, 0.5) is 0 Å². The largest absolute Gasteiger partial charge is 0.493 e. The van der Waals surface area contributed by atoms with E-state index in [1.807, 2.05) is 36.4 Å². The molecule has 0 unspecified atom stereocenters. The van der Waals surface area contributed by atoms with Crippen molar-refractivity contribution in [1.82, 2.24) is 5.43 Å². The average Bonchev–Trinajstić information content (AvgIpc) is 2.87. The molecule has 7 nitrogen and oxygen atoms in total. The van der Waals surface area contributed by atoms with Crippen LogP contribution in [0.2, 0.25) is 0 Å². The van der Waals surface area contributed by atoms with E-state index in [1.165, 1.54) is 25.5 Å². The van der Waals surface area contributed by atoms with Gasteiger partial charge < -0.3 is 14.6 Å². The minimum absolute atomic E-state index is 0.220. The Morgan fingerprint density at radius 1 is 0.882 bits per heavy atom. The number of nitrogens with one attached hydrogen (secondary N) is 1. The van der Waals surface area contributed by atoms with E-state index < -0.39 is 5.97 Å². The van der Waals surface area contributed by atoms with Crippen LogP contribution in [-0.4, -0.2) is 30.3 Å². The second-order valence-corrected chi connectivity index (χ2v) is 7.46. The molecule has 0 fully saturated rings. The molecule has 0 spiro atoms. The molecular weight excluding hydrogens is 432 g/mol. The number of amides is 1. The van der Waals surface area contributed by atoms with Crippen molar-refractivity contribution in [3.63, 3.8) is 0 Å². The van der Waals surface area contributed by atoms with Gasteiger partial charge in [-0.15, -0.1) is 0 Å². The van der Waals surface area contributed by atoms with Gasteiger partial charge >= 0.3 is 5.97 Å². The van der Waals surface area contributed by atoms with Gasteiger partial charge in [0.1, 0.15) is 6.61 Å². The fourth-order valence-electron chi connectivity index (χ4n) is 3.35. The molecule has 34 heavy (non-hydrogen) atoms. The Bertz CT molecular complexity index is 1360. The molecule has 2 N–H and O–H groups in total. The summed E-state index contributed by atoms with van der Waals surface area (Å²) in [7, 11) is 1.53. The van der Waals surface area contributed by atoms with Crippen molar-refractivity contribution in [2.75, 3.05) is 7.11 Å². The smallest absolute Gasteiger partial charge is 0.335 e. The van der Waals surface area contributed by atoms with E-state index >= 15 is 0 Å². The highest BCUT2D eigenvalue weighted by atomic mass is 16.5. The molecule has 0 aliphatic rings. The molecule has 4 aromatic rings. The summed E-state index contributed by atoms with van der Waals surface area (Å²) in [6.45, 7) is 0.255. The van der Waals surface area contributed by atoms with Gasteiger partial charge in [0.15, 0.2) is 11.5 Å². The maximum atomic E-state index is 12.4. The van der Waals surface area contributed by atoms with Crippen molar-refractivity contribution >= 4 is 28.9 Å². The van der Waals surface area contributed by atoms with Crippen molar-refractivity contribution in [2.45, 2.75) is 6.61 Å². The van der Waals surface area contributed by atoms with Gasteiger partial charge in [-0.1, -0.05) is 42.5 Å². The van der Waals surface area contributed by atoms with Gasteiger partial charge in [-0.25, -0.2) is 10.2 Å². The number of carbonyl (C=O) groups is 2. The normalized spacial score (nSPS) is 10.9. The molecular formula is C27H22N2O5. The first-order valence-corrected chi connectivity index (χ1v) is 10.5. The summed E-state index contributed by atoms with van der Waals surface area (Å²) < 4.78 is 11.2. The van der Waals surface area contributed by atoms with E-state index in [2.05, 4.69) is 10.5 Å². The van der Waals surface area contributed by atoms with Crippen LogP contribution in [0, 0.1) is 0 Å². The number of hydrogen-bond donors (Lipinski definition) is 2. The quantitative estimate of drug-likeness (QED) is 0.292. The molecule has 0 saturated heterocycles. The van der Waals surface area contributed by atoms with Crippen molar-refractivity contribution in [3.8, 4) is 11.5 Å². The number of hydrogen-bond acceptors (Lipinski definition) is 5. The Labute approximate surface area is 196 Å². The molecule has 0 heterocycles. The number of carboxylic acid groups (broad SMARTS) is 1. The van der Waals surface area contributed by atoms with Crippen LogP contribution in [0.5, 0.6) is 11.5 Å². The second kappa shape index (κ2) is 10.3. The third-order valence-corrected chi connectivity index (χ3v) is 5.17. The zero-order valence-corrected chi connectivity index (χ0v) is 18.4. The number of ether oxygens (including phenoxy) is 2. The van der Waals surface area contributed by atoms with E-state index in [1.54, 1.807) is 36.4 Å². The molecule has 1 amide bonds. The lowest BCUT2D eigenvalue weighted by Crippen LogP contribution is -2.17. The van der Waals surface area contributed by atoms with E-state index in [9.17, 15) is 9.59 Å². The molecule has 4 rings (SSSR count). The molecule has 170 valence electrons. The molecule has 0 radical (unpaired) electrons. The molecule has 0 aliphatic carbocycles. The number of rotatable bonds is 8. The number of fused-ring (bicyclic) bond motifs is 1. The summed E-state index contributed by atoms with van der Waals surface area (Å²) >= 11 is 0. The zero-order chi connectivity index (χ0) is 23.9. The van der Waals surface area contributed by atoms with Gasteiger partial charge in [0.25, 0.3) is 5.91 Å². The number of aromatic carboxylic acids is 1. The van der Waals surface area contributed by atoms with Gasteiger partial charge in [-0.05, 0) is 64.4 Å². The SMILES string of the molecule is COc1cc(/C=N\NC(=O)c2ccc3ccccc3c2)ccc1OCc1ccc(C(=O)O)cc1. The predicted molar refractivity (Wildman–Crippen MR) is 130 cm³/mol. The molecule has 0 aromatic heterocycles. The van der Waals surface area contributed by atoms with E-state index in [0.29, 0.717) is 22.6 Å². The van der Waals surface area contributed by atoms with E-state index in [-0.39, 0.29) is 18.1 Å². The third-order valence-electron chi connectivity index (χ3n) is 5.17. The summed E-state index contributed by atoms with van der Waals surface area (Å²) in [5, 5.41) is 15.1. The zero-order valence-electron chi connectivity index (χ0n) is 18.4. The number of carbonyl (C=O) groups excluding carboxylic acids is 1. The van der Waals surface area contributed by atoms with Crippen LogP contribution in [0.25, 0.3) is 10.8 Å². The topological polar surface area (TPSA) is 97.2 Å². The lowest BCUT2D eigenvalue weighted by atomic mass is 10.1. The van der Waals surface area contributed by atoms with Gasteiger partial charge in [0.05, 0.1) is 18.9 Å². The molecule has 0 aliphatic heterocycles. The molecule has 0 saturated carbocycles. The number of carboxylic acids is 1. The lowest BCUT2D eigenvalue weighted by Gasteiger charge is -2.11. The maximum absolute atomic E-state index is 12.4. The molecule has 4 aromatic carbocycles. The monoisotopic (exact) mass is 454 g/mol. The highest BCUT2D eigenvalue weighted by Crippen LogP contribution is 2.28. The van der Waals surface area contributed by atoms with Crippen LogP contribution >= 0.6 is 0 Å². The van der Waals surface area contributed by atoms with Crippen LogP contribution in [0.15, 0.2) is 90.0 Å². The lowest BCUT2D eigenvalue weighted by molar-refractivity contribution is 0.0696. The minimum Gasteiger partial charge on any atom is -0.493 e. The van der Waals surface area contributed by atoms with Gasteiger partial charge in [-0.2, -0.15) is 5.10 Å². The first-order chi connectivity index (χ1) is 16.5. The first kappa shape index (κ1) is 22.5. The highest BCUT2D eigenvalue weighted by Gasteiger charge is 2.08. The van der Waals surface area contributed by atoms with Crippen LogP contribution in [0.1, 0.15) is 31.8 Å². The van der Waals surface area contributed by atoms with Crippen molar-refractivity contribution in [3.05, 3.63) is 107 Å². The van der Waals surface area contributed by atoms with Gasteiger partial charge in [0, 0.05) is 5.56 Å². The number of methoxy groups -OCH3 is 1. The summed E-state index contributed by atoms with van der Waals surface area (Å²) in [6, 6.07) is 25.1. The Hall–Kier alpha value is -4.65. The second-order valence-electron chi connectivity index (χ2n) is 7.46. The van der Waals surface area contributed by atoms with Crippen LogP contribution in [0.3, 0.4) is 0 Å². The summed E-state index contributed by atoms with van der Waals surface area (Å²) in [5.41, 5.74) is 4.83. The predicted octanol–water partition coefficient (Wildman–Crippen LogP) is 4.89. The molecule has 0 bridgehead atoms. The fraction of sp³-hybridized carbons (Fsp3) is 0.0741. The maximum Gasteiger partial charge on any atom is 0.335 e. The summed E-state index contributed by atoms with van der Waals surface area (Å²) in [6.07, 6.45) is 1.52. The third kappa shape index (κ3) is 5.39. The average molecular weight is 454 g/mol. The number of hydrazone groups is 1. The standard InChI is InChI=1S/C27H22N2O5/c1-33-25-14-19(8-13-24(25)34-17-18-6-9-21(10-7-18)27(31)32)16-28-29-26(30)23-12-11-20-4-2-3-5-22(20)15-23/h2-16H,17H2,1H3,(H,29,30)(H,31,32)/b28-16-. The van der Waals surface area contributed by atoms with Crippen LogP contribution < -0.4 is 14.9 Å². The Morgan fingerprint density at radius 2 is 1.62 bits per heavy atom. The van der Waals surface area contributed by atoms with E-state index in [0.717, 1.165) is 16.3 Å². The fourth-order valence-corrected chi connectivity index (χ4v) is 3.35.